The van der Waals surface area contributed by atoms with Crippen molar-refractivity contribution in [2.45, 2.75) is 26.9 Å². The van der Waals surface area contributed by atoms with E-state index in [1.807, 2.05) is 18.5 Å². The van der Waals surface area contributed by atoms with Gasteiger partial charge in [0.2, 0.25) is 0 Å². The molecule has 0 aliphatic carbocycles. The van der Waals surface area contributed by atoms with Crippen LogP contribution in [0.3, 0.4) is 0 Å². The van der Waals surface area contributed by atoms with Gasteiger partial charge in [-0.3, -0.25) is 9.48 Å². The van der Waals surface area contributed by atoms with Gasteiger partial charge in [0.15, 0.2) is 5.76 Å². The number of nitrogens with zero attached hydrogens (tertiary/aromatic N) is 2. The minimum atomic E-state index is -0.213. The van der Waals surface area contributed by atoms with Gasteiger partial charge in [-0.05, 0) is 26.0 Å². The van der Waals surface area contributed by atoms with Crippen LogP contribution in [0.4, 0.5) is 0 Å². The molecular formula is C15H22N4O3. The molecule has 22 heavy (non-hydrogen) atoms. The van der Waals surface area contributed by atoms with E-state index in [9.17, 15) is 4.79 Å². The second-order valence-electron chi connectivity index (χ2n) is 5.01. The van der Waals surface area contributed by atoms with E-state index in [2.05, 4.69) is 15.7 Å². The van der Waals surface area contributed by atoms with Crippen molar-refractivity contribution in [1.29, 1.82) is 0 Å². The van der Waals surface area contributed by atoms with Crippen molar-refractivity contribution in [2.75, 3.05) is 19.7 Å². The Morgan fingerprint density at radius 3 is 2.91 bits per heavy atom. The molecule has 2 heterocycles. The largest absolute Gasteiger partial charge is 0.459 e. The SMILES string of the molecule is Cc1nn(CCO)c(C)c1CNCCNC(=O)c1ccco1. The number of furan rings is 1. The summed E-state index contributed by atoms with van der Waals surface area (Å²) in [6.07, 6.45) is 1.47. The van der Waals surface area contributed by atoms with Gasteiger partial charge < -0.3 is 20.2 Å². The van der Waals surface area contributed by atoms with Crippen LogP contribution in [-0.4, -0.2) is 40.5 Å². The molecule has 0 aliphatic rings. The number of hydrogen-bond donors (Lipinski definition) is 3. The number of carbonyl (C=O) groups is 1. The molecule has 7 nitrogen and oxygen atoms in total. The topological polar surface area (TPSA) is 92.3 Å². The van der Waals surface area contributed by atoms with E-state index in [4.69, 9.17) is 9.52 Å². The van der Waals surface area contributed by atoms with Gasteiger partial charge in [0, 0.05) is 30.9 Å². The van der Waals surface area contributed by atoms with Crippen molar-refractivity contribution < 1.29 is 14.3 Å². The van der Waals surface area contributed by atoms with Gasteiger partial charge >= 0.3 is 0 Å². The third-order valence-corrected chi connectivity index (χ3v) is 3.48. The van der Waals surface area contributed by atoms with Gasteiger partial charge in [-0.25, -0.2) is 0 Å². The van der Waals surface area contributed by atoms with Crippen molar-refractivity contribution in [3.05, 3.63) is 41.1 Å². The number of amides is 1. The van der Waals surface area contributed by atoms with Crippen molar-refractivity contribution in [3.8, 4) is 0 Å². The van der Waals surface area contributed by atoms with Crippen molar-refractivity contribution in [2.24, 2.45) is 0 Å². The van der Waals surface area contributed by atoms with Gasteiger partial charge in [0.25, 0.3) is 5.91 Å². The van der Waals surface area contributed by atoms with Crippen LogP contribution in [0.5, 0.6) is 0 Å². The Labute approximate surface area is 129 Å². The molecule has 3 N–H and O–H groups in total. The predicted octanol–water partition coefficient (Wildman–Crippen LogP) is 0.605. The third kappa shape index (κ3) is 3.96. The minimum Gasteiger partial charge on any atom is -0.459 e. The Balaban J connectivity index is 1.74. The van der Waals surface area contributed by atoms with E-state index in [-0.39, 0.29) is 12.5 Å². The first kappa shape index (κ1) is 16.3. The molecule has 7 heteroatoms. The molecule has 2 rings (SSSR count). The Morgan fingerprint density at radius 1 is 1.41 bits per heavy atom. The number of hydrogen-bond acceptors (Lipinski definition) is 5. The average Bonchev–Trinajstić information content (AvgIpc) is 3.11. The lowest BCUT2D eigenvalue weighted by molar-refractivity contribution is 0.0926. The zero-order valence-corrected chi connectivity index (χ0v) is 12.9. The lowest BCUT2D eigenvalue weighted by atomic mass is 10.2. The molecule has 120 valence electrons. The number of aromatic nitrogens is 2. The Hall–Kier alpha value is -2.12. The highest BCUT2D eigenvalue weighted by Gasteiger charge is 2.11. The highest BCUT2D eigenvalue weighted by Crippen LogP contribution is 2.12. The molecule has 0 saturated carbocycles. The molecule has 0 atom stereocenters. The number of aliphatic hydroxyl groups excluding tert-OH is 1. The summed E-state index contributed by atoms with van der Waals surface area (Å²) >= 11 is 0. The third-order valence-electron chi connectivity index (χ3n) is 3.48. The molecule has 0 unspecified atom stereocenters. The van der Waals surface area contributed by atoms with Gasteiger partial charge in [-0.15, -0.1) is 0 Å². The Bertz CT molecular complexity index is 605. The fourth-order valence-electron chi connectivity index (χ4n) is 2.27. The normalized spacial score (nSPS) is 10.9. The predicted molar refractivity (Wildman–Crippen MR) is 81.5 cm³/mol. The summed E-state index contributed by atoms with van der Waals surface area (Å²) in [4.78, 5) is 11.7. The van der Waals surface area contributed by atoms with Crippen LogP contribution in [-0.2, 0) is 13.1 Å². The first-order chi connectivity index (χ1) is 10.6. The fourth-order valence-corrected chi connectivity index (χ4v) is 2.27. The van der Waals surface area contributed by atoms with Crippen molar-refractivity contribution in [3.63, 3.8) is 0 Å². The van der Waals surface area contributed by atoms with Crippen LogP contribution >= 0.6 is 0 Å². The van der Waals surface area contributed by atoms with Gasteiger partial charge in [0.1, 0.15) is 0 Å². The molecule has 0 spiro atoms. The molecule has 0 bridgehead atoms. The Morgan fingerprint density at radius 2 is 2.23 bits per heavy atom. The second kappa shape index (κ2) is 7.77. The highest BCUT2D eigenvalue weighted by molar-refractivity contribution is 5.91. The lowest BCUT2D eigenvalue weighted by Gasteiger charge is -2.07. The van der Waals surface area contributed by atoms with Crippen molar-refractivity contribution >= 4 is 5.91 Å². The van der Waals surface area contributed by atoms with E-state index in [0.29, 0.717) is 31.9 Å². The number of aryl methyl sites for hydroxylation is 1. The number of nitrogens with one attached hydrogen (secondary N) is 2. The molecular weight excluding hydrogens is 284 g/mol. The summed E-state index contributed by atoms with van der Waals surface area (Å²) < 4.78 is 6.83. The first-order valence-electron chi connectivity index (χ1n) is 7.29. The monoisotopic (exact) mass is 306 g/mol. The molecule has 2 aromatic rings. The maximum atomic E-state index is 11.7. The summed E-state index contributed by atoms with van der Waals surface area (Å²) in [5.74, 6) is 0.104. The van der Waals surface area contributed by atoms with Gasteiger partial charge in [0.05, 0.1) is 25.1 Å². The minimum absolute atomic E-state index is 0.0770. The molecule has 0 radical (unpaired) electrons. The van der Waals surface area contributed by atoms with E-state index < -0.39 is 0 Å². The van der Waals surface area contributed by atoms with Crippen LogP contribution < -0.4 is 10.6 Å². The van der Waals surface area contributed by atoms with Crippen LogP contribution in [0.2, 0.25) is 0 Å². The van der Waals surface area contributed by atoms with Gasteiger partial charge in [-0.1, -0.05) is 0 Å². The maximum absolute atomic E-state index is 11.7. The standard InChI is InChI=1S/C15H22N4O3/c1-11-13(12(2)19(18-11)7-8-20)10-16-5-6-17-15(21)14-4-3-9-22-14/h3-4,9,16,20H,5-8,10H2,1-2H3,(H,17,21). The Kier molecular flexibility index (Phi) is 5.74. The molecule has 1 amide bonds. The van der Waals surface area contributed by atoms with E-state index >= 15 is 0 Å². The number of aliphatic hydroxyl groups is 1. The molecule has 0 aliphatic heterocycles. The van der Waals surface area contributed by atoms with Crippen LogP contribution in [0.25, 0.3) is 0 Å². The number of rotatable bonds is 8. The maximum Gasteiger partial charge on any atom is 0.287 e. The van der Waals surface area contributed by atoms with Crippen LogP contribution in [0.15, 0.2) is 22.8 Å². The first-order valence-corrected chi connectivity index (χ1v) is 7.29. The van der Waals surface area contributed by atoms with E-state index in [1.54, 1.807) is 12.1 Å². The number of carbonyl (C=O) groups excluding carboxylic acids is 1. The summed E-state index contributed by atoms with van der Waals surface area (Å²) in [6.45, 7) is 6.38. The second-order valence-corrected chi connectivity index (χ2v) is 5.01. The average molecular weight is 306 g/mol. The zero-order valence-electron chi connectivity index (χ0n) is 12.9. The smallest absolute Gasteiger partial charge is 0.287 e. The molecule has 0 aromatic carbocycles. The van der Waals surface area contributed by atoms with Gasteiger partial charge in [-0.2, -0.15) is 5.10 Å². The zero-order chi connectivity index (χ0) is 15.9. The summed E-state index contributed by atoms with van der Waals surface area (Å²) in [6, 6.07) is 3.31. The fraction of sp³-hybridized carbons (Fsp3) is 0.467. The van der Waals surface area contributed by atoms with Crippen LogP contribution in [0, 0.1) is 13.8 Å². The lowest BCUT2D eigenvalue weighted by Crippen LogP contribution is -2.31. The summed E-state index contributed by atoms with van der Waals surface area (Å²) in [5, 5.41) is 19.4. The van der Waals surface area contributed by atoms with Crippen molar-refractivity contribution in [1.82, 2.24) is 20.4 Å². The molecule has 0 saturated heterocycles. The quantitative estimate of drug-likeness (QED) is 0.621. The molecule has 0 fully saturated rings. The molecule has 2 aromatic heterocycles. The highest BCUT2D eigenvalue weighted by atomic mass is 16.3. The van der Waals surface area contributed by atoms with E-state index in [1.165, 1.54) is 6.26 Å². The van der Waals surface area contributed by atoms with E-state index in [0.717, 1.165) is 17.0 Å². The van der Waals surface area contributed by atoms with Crippen LogP contribution in [0.1, 0.15) is 27.5 Å². The summed E-state index contributed by atoms with van der Waals surface area (Å²) in [7, 11) is 0. The summed E-state index contributed by atoms with van der Waals surface area (Å²) in [5.41, 5.74) is 3.14.